The van der Waals surface area contributed by atoms with E-state index in [0.717, 1.165) is 35.9 Å². The largest absolute Gasteiger partial charge is 0.384 e. The molecule has 7 heteroatoms. The summed E-state index contributed by atoms with van der Waals surface area (Å²) in [5.74, 6) is 2.17. The number of hydrogen-bond acceptors (Lipinski definition) is 6. The minimum atomic E-state index is 0.534. The van der Waals surface area contributed by atoms with Gasteiger partial charge in [-0.1, -0.05) is 13.3 Å². The summed E-state index contributed by atoms with van der Waals surface area (Å²) < 4.78 is 1.86. The number of aryl methyl sites for hydroxylation is 1. The van der Waals surface area contributed by atoms with Crippen molar-refractivity contribution in [2.45, 2.75) is 37.0 Å². The summed E-state index contributed by atoms with van der Waals surface area (Å²) >= 11 is 1.65. The van der Waals surface area contributed by atoms with Crippen LogP contribution >= 0.6 is 11.8 Å². The van der Waals surface area contributed by atoms with Crippen LogP contribution in [0.3, 0.4) is 0 Å². The van der Waals surface area contributed by atoms with Crippen LogP contribution in [0.4, 0.5) is 5.82 Å². The third kappa shape index (κ3) is 3.43. The quantitative estimate of drug-likeness (QED) is 0.800. The number of nitrogens with two attached hydrogens (primary N) is 1. The van der Waals surface area contributed by atoms with Crippen molar-refractivity contribution in [1.82, 2.24) is 25.2 Å². The van der Waals surface area contributed by atoms with Crippen molar-refractivity contribution < 1.29 is 0 Å². The summed E-state index contributed by atoms with van der Waals surface area (Å²) in [4.78, 5) is 5.11. The summed E-state index contributed by atoms with van der Waals surface area (Å²) in [5, 5.41) is 11.7. The van der Waals surface area contributed by atoms with Gasteiger partial charge in [-0.25, -0.2) is 9.67 Å². The zero-order valence-corrected chi connectivity index (χ0v) is 11.1. The van der Waals surface area contributed by atoms with Crippen LogP contribution in [0.25, 0.3) is 0 Å². The van der Waals surface area contributed by atoms with E-state index in [1.54, 1.807) is 24.0 Å². The van der Waals surface area contributed by atoms with Gasteiger partial charge in [0.15, 0.2) is 5.82 Å². The van der Waals surface area contributed by atoms with E-state index < -0.39 is 0 Å². The summed E-state index contributed by atoms with van der Waals surface area (Å²) in [6, 6.07) is 3.75. The zero-order valence-electron chi connectivity index (χ0n) is 10.3. The number of thioether (sulfide) groups is 1. The Balaban J connectivity index is 1.93. The van der Waals surface area contributed by atoms with Crippen molar-refractivity contribution in [2.75, 3.05) is 5.73 Å². The molecule has 18 heavy (non-hydrogen) atoms. The van der Waals surface area contributed by atoms with Crippen molar-refractivity contribution in [3.63, 3.8) is 0 Å². The average molecular weight is 264 g/mol. The van der Waals surface area contributed by atoms with E-state index in [1.807, 2.05) is 10.7 Å². The second kappa shape index (κ2) is 6.34. The molecule has 0 bridgehead atoms. The van der Waals surface area contributed by atoms with Crippen LogP contribution in [0.2, 0.25) is 0 Å². The van der Waals surface area contributed by atoms with Gasteiger partial charge in [0.25, 0.3) is 0 Å². The molecule has 0 saturated heterocycles. The Bertz CT molecular complexity index is 481. The number of aromatic nitrogens is 5. The summed E-state index contributed by atoms with van der Waals surface area (Å²) in [5.41, 5.74) is 5.54. The number of nitrogens with zero attached hydrogens (tertiary/aromatic N) is 5. The van der Waals surface area contributed by atoms with Gasteiger partial charge < -0.3 is 5.73 Å². The van der Waals surface area contributed by atoms with Crippen LogP contribution in [0, 0.1) is 0 Å². The number of tetrazole rings is 1. The Morgan fingerprint density at radius 3 is 3.00 bits per heavy atom. The predicted octanol–water partition coefficient (Wildman–Crippen LogP) is 1.74. The molecule has 0 aliphatic carbocycles. The molecule has 0 saturated carbocycles. The molecule has 0 atom stereocenters. The van der Waals surface area contributed by atoms with E-state index in [0.29, 0.717) is 5.82 Å². The minimum absolute atomic E-state index is 0.534. The highest BCUT2D eigenvalue weighted by atomic mass is 32.2. The highest BCUT2D eigenvalue weighted by molar-refractivity contribution is 7.98. The topological polar surface area (TPSA) is 82.5 Å². The average Bonchev–Trinajstić information content (AvgIpc) is 2.83. The molecule has 0 aliphatic rings. The molecule has 0 unspecified atom stereocenters. The predicted molar refractivity (Wildman–Crippen MR) is 70.9 cm³/mol. The lowest BCUT2D eigenvalue weighted by atomic mass is 10.3. The van der Waals surface area contributed by atoms with Gasteiger partial charge in [-0.2, -0.15) is 0 Å². The summed E-state index contributed by atoms with van der Waals surface area (Å²) in [6.07, 6.45) is 3.99. The Hall–Kier alpha value is -1.63. The van der Waals surface area contributed by atoms with Crippen molar-refractivity contribution >= 4 is 17.6 Å². The first-order valence-electron chi connectivity index (χ1n) is 5.89. The molecular formula is C11H16N6S. The van der Waals surface area contributed by atoms with Crippen LogP contribution in [-0.2, 0) is 12.3 Å². The molecule has 2 N–H and O–H groups in total. The first-order valence-corrected chi connectivity index (χ1v) is 6.87. The molecular weight excluding hydrogens is 248 g/mol. The third-order valence-electron chi connectivity index (χ3n) is 2.46. The maximum atomic E-state index is 5.54. The van der Waals surface area contributed by atoms with Gasteiger partial charge in [0.1, 0.15) is 5.82 Å². The van der Waals surface area contributed by atoms with Gasteiger partial charge in [0.05, 0.1) is 5.75 Å². The fourth-order valence-corrected chi connectivity index (χ4v) is 2.23. The SMILES string of the molecule is CCCCn1nnnc1CSc1ccc(N)nc1. The standard InChI is InChI=1S/C11H16N6S/c1-2-3-6-17-11(14-15-16-17)8-18-9-4-5-10(12)13-7-9/h4-5,7H,2-3,6,8H2,1H3,(H2,12,13). The molecule has 0 amide bonds. The molecule has 0 fully saturated rings. The lowest BCUT2D eigenvalue weighted by molar-refractivity contribution is 0.540. The molecule has 2 heterocycles. The van der Waals surface area contributed by atoms with Crippen molar-refractivity contribution in [1.29, 1.82) is 0 Å². The Kier molecular flexibility index (Phi) is 4.52. The molecule has 0 radical (unpaired) electrons. The van der Waals surface area contributed by atoms with Gasteiger partial charge in [0, 0.05) is 17.6 Å². The summed E-state index contributed by atoms with van der Waals surface area (Å²) in [6.45, 7) is 3.03. The van der Waals surface area contributed by atoms with Crippen LogP contribution in [0.15, 0.2) is 23.2 Å². The second-order valence-corrected chi connectivity index (χ2v) is 4.93. The minimum Gasteiger partial charge on any atom is -0.384 e. The maximum absolute atomic E-state index is 5.54. The number of pyridine rings is 1. The van der Waals surface area contributed by atoms with Gasteiger partial charge >= 0.3 is 0 Å². The molecule has 0 aliphatic heterocycles. The van der Waals surface area contributed by atoms with Crippen molar-refractivity contribution in [2.24, 2.45) is 0 Å². The van der Waals surface area contributed by atoms with E-state index in [1.165, 1.54) is 0 Å². The number of nitrogen functional groups attached to an aromatic ring is 1. The smallest absolute Gasteiger partial charge is 0.161 e. The highest BCUT2D eigenvalue weighted by Gasteiger charge is 2.06. The van der Waals surface area contributed by atoms with Crippen LogP contribution < -0.4 is 5.73 Å². The number of rotatable bonds is 6. The van der Waals surface area contributed by atoms with Gasteiger partial charge in [-0.05, 0) is 29.0 Å². The lowest BCUT2D eigenvalue weighted by Gasteiger charge is -2.03. The van der Waals surface area contributed by atoms with Gasteiger partial charge in [-0.15, -0.1) is 16.9 Å². The Labute approximate surface area is 110 Å². The van der Waals surface area contributed by atoms with Crippen LogP contribution in [-0.4, -0.2) is 25.2 Å². The first kappa shape index (κ1) is 12.8. The zero-order chi connectivity index (χ0) is 12.8. The van der Waals surface area contributed by atoms with Crippen molar-refractivity contribution in [3.05, 3.63) is 24.2 Å². The van der Waals surface area contributed by atoms with Crippen LogP contribution in [0.1, 0.15) is 25.6 Å². The molecule has 6 nitrogen and oxygen atoms in total. The molecule has 0 aromatic carbocycles. The molecule has 0 spiro atoms. The molecule has 2 aromatic rings. The molecule has 96 valence electrons. The first-order chi connectivity index (χ1) is 8.79. The van der Waals surface area contributed by atoms with Crippen LogP contribution in [0.5, 0.6) is 0 Å². The van der Waals surface area contributed by atoms with Crippen molar-refractivity contribution in [3.8, 4) is 0 Å². The third-order valence-corrected chi connectivity index (χ3v) is 3.43. The molecule has 2 aromatic heterocycles. The monoisotopic (exact) mass is 264 g/mol. The van der Waals surface area contributed by atoms with E-state index in [-0.39, 0.29) is 0 Å². The fraction of sp³-hybridized carbons (Fsp3) is 0.455. The Morgan fingerprint density at radius 2 is 2.28 bits per heavy atom. The van der Waals surface area contributed by atoms with Gasteiger partial charge in [0.2, 0.25) is 0 Å². The lowest BCUT2D eigenvalue weighted by Crippen LogP contribution is -2.04. The number of hydrogen-bond donors (Lipinski definition) is 1. The van der Waals surface area contributed by atoms with E-state index >= 15 is 0 Å². The van der Waals surface area contributed by atoms with E-state index in [2.05, 4.69) is 27.4 Å². The number of unbranched alkanes of at least 4 members (excludes halogenated alkanes) is 1. The van der Waals surface area contributed by atoms with E-state index in [9.17, 15) is 0 Å². The second-order valence-electron chi connectivity index (χ2n) is 3.88. The fourth-order valence-electron chi connectivity index (χ4n) is 1.43. The normalized spacial score (nSPS) is 10.7. The maximum Gasteiger partial charge on any atom is 0.161 e. The Morgan fingerprint density at radius 1 is 1.39 bits per heavy atom. The van der Waals surface area contributed by atoms with E-state index in [4.69, 9.17) is 5.73 Å². The molecule has 2 rings (SSSR count). The van der Waals surface area contributed by atoms with Gasteiger partial charge in [-0.3, -0.25) is 0 Å². The number of anilines is 1. The highest BCUT2D eigenvalue weighted by Crippen LogP contribution is 2.21. The summed E-state index contributed by atoms with van der Waals surface area (Å²) in [7, 11) is 0.